The summed E-state index contributed by atoms with van der Waals surface area (Å²) in [7, 11) is 1.65. The number of amides is 2. The standard InChI is InChI=1S/C37H47N11O3/c1-24(2)51-31-12-7-27(19-42-31)33(39)34-29(38)10-11-30(44-34)48-16-14-37(36(48)50)13-15-45(22-37)21-32(49)47-18-17-46(20-25(47)3)28-8-5-26(6-9-28)35(40)43-23-41-4/h5-12,19,23-25,39H,13-18,20-22,38H2,1-4H3,(H2,40,41,43)/t25-,37+/m1/s1. The van der Waals surface area contributed by atoms with E-state index in [0.717, 1.165) is 24.3 Å². The van der Waals surface area contributed by atoms with Crippen LogP contribution in [0.15, 0.2) is 64.7 Å². The molecule has 0 radical (unpaired) electrons. The second-order valence-electron chi connectivity index (χ2n) is 13.8. The minimum Gasteiger partial charge on any atom is -0.475 e. The maximum atomic E-state index is 14.0. The van der Waals surface area contributed by atoms with Gasteiger partial charge in [0.05, 0.1) is 29.5 Å². The van der Waals surface area contributed by atoms with Crippen molar-refractivity contribution in [2.75, 3.05) is 68.4 Å². The van der Waals surface area contributed by atoms with E-state index in [4.69, 9.17) is 26.6 Å². The zero-order valence-corrected chi connectivity index (χ0v) is 29.7. The van der Waals surface area contributed by atoms with Crippen LogP contribution >= 0.6 is 0 Å². The number of benzene rings is 1. The molecule has 1 spiro atoms. The first kappa shape index (κ1) is 35.5. The molecule has 3 aliphatic rings. The van der Waals surface area contributed by atoms with E-state index in [0.29, 0.717) is 73.5 Å². The molecule has 2 amide bonds. The predicted molar refractivity (Wildman–Crippen MR) is 200 cm³/mol. The van der Waals surface area contributed by atoms with Crippen molar-refractivity contribution in [1.29, 1.82) is 5.41 Å². The molecule has 2 atom stereocenters. The minimum atomic E-state index is -0.568. The third-order valence-electron chi connectivity index (χ3n) is 9.90. The van der Waals surface area contributed by atoms with Crippen LogP contribution in [-0.2, 0) is 9.59 Å². The molecule has 3 fully saturated rings. The lowest BCUT2D eigenvalue weighted by Crippen LogP contribution is -2.56. The highest BCUT2D eigenvalue weighted by atomic mass is 16.5. The number of carbonyl (C=O) groups is 2. The van der Waals surface area contributed by atoms with Crippen LogP contribution in [-0.4, -0.2) is 114 Å². The number of nitrogens with zero attached hydrogens (tertiary/aromatic N) is 8. The number of nitrogens with one attached hydrogen (secondary N) is 1. The molecule has 14 nitrogen and oxygen atoms in total. The molecule has 5 heterocycles. The average molecular weight is 694 g/mol. The lowest BCUT2D eigenvalue weighted by molar-refractivity contribution is -0.135. The fourth-order valence-corrected chi connectivity index (χ4v) is 7.18. The number of hydrogen-bond acceptors (Lipinski definition) is 10. The van der Waals surface area contributed by atoms with E-state index in [9.17, 15) is 9.59 Å². The van der Waals surface area contributed by atoms with E-state index in [2.05, 4.69) is 31.7 Å². The molecule has 0 saturated carbocycles. The van der Waals surface area contributed by atoms with Gasteiger partial charge in [0.2, 0.25) is 17.7 Å². The number of piperazine rings is 1. The van der Waals surface area contributed by atoms with Crippen LogP contribution < -0.4 is 26.0 Å². The van der Waals surface area contributed by atoms with E-state index in [1.54, 1.807) is 42.4 Å². The highest BCUT2D eigenvalue weighted by molar-refractivity contribution is 6.13. The fraction of sp³-hybridized carbons (Fsp3) is 0.432. The SMILES string of the molecule is CN=CN=C(N)c1ccc(N2CCN(C(=O)CN3CC[C@]4(CCN(c5ccc(N)c(C(=N)c6ccc(OC(C)C)nc6)n5)C4=O)C3)[C@H](C)C2)cc1. The molecular weight excluding hydrogens is 646 g/mol. The number of carbonyl (C=O) groups excluding carboxylic acids is 2. The summed E-state index contributed by atoms with van der Waals surface area (Å²) in [6.45, 7) is 9.99. The highest BCUT2D eigenvalue weighted by Gasteiger charge is 2.51. The lowest BCUT2D eigenvalue weighted by Gasteiger charge is -2.41. The number of hydrogen-bond donors (Lipinski definition) is 3. The first-order chi connectivity index (χ1) is 24.5. The van der Waals surface area contributed by atoms with Gasteiger partial charge in [-0.05, 0) is 82.6 Å². The molecule has 1 aromatic carbocycles. The van der Waals surface area contributed by atoms with Crippen LogP contribution in [0.1, 0.15) is 50.4 Å². The summed E-state index contributed by atoms with van der Waals surface area (Å²) in [4.78, 5) is 52.6. The van der Waals surface area contributed by atoms with Crippen molar-refractivity contribution in [3.63, 3.8) is 0 Å². The summed E-state index contributed by atoms with van der Waals surface area (Å²) in [5, 5.41) is 8.80. The van der Waals surface area contributed by atoms with E-state index in [1.807, 2.05) is 43.0 Å². The topological polar surface area (TPSA) is 183 Å². The van der Waals surface area contributed by atoms with Crippen molar-refractivity contribution >= 4 is 46.9 Å². The maximum Gasteiger partial charge on any atom is 0.237 e. The molecule has 3 aromatic rings. The Bertz CT molecular complexity index is 1830. The Hall–Kier alpha value is -5.37. The summed E-state index contributed by atoms with van der Waals surface area (Å²) in [5.41, 5.74) is 14.9. The molecule has 0 aliphatic carbocycles. The van der Waals surface area contributed by atoms with E-state index >= 15 is 0 Å². The van der Waals surface area contributed by atoms with Crippen molar-refractivity contribution in [2.45, 2.75) is 45.8 Å². The van der Waals surface area contributed by atoms with E-state index < -0.39 is 5.41 Å². The van der Waals surface area contributed by atoms with E-state index in [-0.39, 0.29) is 36.2 Å². The predicted octanol–water partition coefficient (Wildman–Crippen LogP) is 2.79. The summed E-state index contributed by atoms with van der Waals surface area (Å²) in [6.07, 6.45) is 4.34. The Morgan fingerprint density at radius 1 is 1.08 bits per heavy atom. The molecule has 268 valence electrons. The number of aromatic nitrogens is 2. The number of anilines is 3. The molecule has 5 N–H and O–H groups in total. The molecule has 3 aliphatic heterocycles. The highest BCUT2D eigenvalue weighted by Crippen LogP contribution is 2.42. The van der Waals surface area contributed by atoms with Gasteiger partial charge in [0, 0.05) is 74.9 Å². The van der Waals surface area contributed by atoms with Crippen molar-refractivity contribution in [2.24, 2.45) is 21.1 Å². The molecule has 0 bridgehead atoms. The van der Waals surface area contributed by atoms with Crippen molar-refractivity contribution in [3.05, 3.63) is 71.5 Å². The molecule has 3 saturated heterocycles. The van der Waals surface area contributed by atoms with Crippen molar-refractivity contribution in [3.8, 4) is 5.88 Å². The number of aliphatic imine (C=N–C) groups is 2. The largest absolute Gasteiger partial charge is 0.475 e. The fourth-order valence-electron chi connectivity index (χ4n) is 7.18. The van der Waals surface area contributed by atoms with Gasteiger partial charge in [0.25, 0.3) is 0 Å². The zero-order chi connectivity index (χ0) is 36.3. The van der Waals surface area contributed by atoms with Crippen molar-refractivity contribution < 1.29 is 14.3 Å². The average Bonchev–Trinajstić information content (AvgIpc) is 3.68. The van der Waals surface area contributed by atoms with Gasteiger partial charge in [-0.25, -0.2) is 15.0 Å². The molecular formula is C37H47N11O3. The third kappa shape index (κ3) is 7.55. The molecule has 14 heteroatoms. The number of nitrogen functional groups attached to an aromatic ring is 1. The van der Waals surface area contributed by atoms with Gasteiger partial charge >= 0.3 is 0 Å². The van der Waals surface area contributed by atoms with Gasteiger partial charge in [-0.1, -0.05) is 0 Å². The quantitative estimate of drug-likeness (QED) is 0.212. The Morgan fingerprint density at radius 3 is 2.51 bits per heavy atom. The van der Waals surface area contributed by atoms with Gasteiger partial charge in [0.15, 0.2) is 0 Å². The maximum absolute atomic E-state index is 14.0. The van der Waals surface area contributed by atoms with Crippen LogP contribution in [0.25, 0.3) is 0 Å². The molecule has 6 rings (SSSR count). The number of rotatable bonds is 10. The zero-order valence-electron chi connectivity index (χ0n) is 29.7. The smallest absolute Gasteiger partial charge is 0.237 e. The first-order valence-electron chi connectivity index (χ1n) is 17.4. The van der Waals surface area contributed by atoms with Gasteiger partial charge < -0.3 is 26.0 Å². The Morgan fingerprint density at radius 2 is 1.82 bits per heavy atom. The summed E-state index contributed by atoms with van der Waals surface area (Å²) in [6, 6.07) is 14.9. The Labute approximate surface area is 298 Å². The van der Waals surface area contributed by atoms with Crippen LogP contribution in [0.4, 0.5) is 17.2 Å². The van der Waals surface area contributed by atoms with Gasteiger partial charge in [0.1, 0.15) is 23.7 Å². The van der Waals surface area contributed by atoms with Crippen LogP contribution in [0, 0.1) is 10.8 Å². The Kier molecular flexibility index (Phi) is 10.3. The summed E-state index contributed by atoms with van der Waals surface area (Å²) >= 11 is 0. The minimum absolute atomic E-state index is 0.00331. The molecule has 0 unspecified atom stereocenters. The summed E-state index contributed by atoms with van der Waals surface area (Å²) < 4.78 is 5.62. The molecule has 51 heavy (non-hydrogen) atoms. The number of amidine groups is 1. The van der Waals surface area contributed by atoms with Gasteiger partial charge in [-0.15, -0.1) is 0 Å². The third-order valence-corrected chi connectivity index (χ3v) is 9.90. The van der Waals surface area contributed by atoms with Crippen LogP contribution in [0.5, 0.6) is 5.88 Å². The van der Waals surface area contributed by atoms with E-state index in [1.165, 1.54) is 6.34 Å². The molecule has 2 aromatic heterocycles. The summed E-state index contributed by atoms with van der Waals surface area (Å²) in [5.74, 6) is 1.44. The number of ether oxygens (including phenoxy) is 1. The van der Waals surface area contributed by atoms with Gasteiger partial charge in [-0.3, -0.25) is 29.8 Å². The second-order valence-corrected chi connectivity index (χ2v) is 13.8. The Balaban J connectivity index is 1.05. The lowest BCUT2D eigenvalue weighted by atomic mass is 9.85. The number of pyridine rings is 2. The van der Waals surface area contributed by atoms with Crippen molar-refractivity contribution in [1.82, 2.24) is 19.8 Å². The number of nitrogens with two attached hydrogens (primary N) is 2. The van der Waals surface area contributed by atoms with Crippen LogP contribution in [0.3, 0.4) is 0 Å². The second kappa shape index (κ2) is 14.9. The van der Waals surface area contributed by atoms with Crippen LogP contribution in [0.2, 0.25) is 0 Å². The normalized spacial score (nSPS) is 21.4. The van der Waals surface area contributed by atoms with Gasteiger partial charge in [-0.2, -0.15) is 0 Å². The first-order valence-corrected chi connectivity index (χ1v) is 17.4. The monoisotopic (exact) mass is 693 g/mol. The number of likely N-dealkylation sites (tertiary alicyclic amines) is 1.